The summed E-state index contributed by atoms with van der Waals surface area (Å²) in [5, 5.41) is 2.70. The van der Waals surface area contributed by atoms with E-state index in [1.54, 1.807) is 0 Å². The number of rotatable bonds is 6. The highest BCUT2D eigenvalue weighted by molar-refractivity contribution is 5.67. The van der Waals surface area contributed by atoms with Gasteiger partial charge in [0.25, 0.3) is 0 Å². The van der Waals surface area contributed by atoms with Crippen molar-refractivity contribution in [3.05, 3.63) is 35.9 Å². The molecule has 0 heterocycles. The van der Waals surface area contributed by atoms with Crippen LogP contribution < -0.4 is 23.5 Å². The van der Waals surface area contributed by atoms with Gasteiger partial charge in [0.15, 0.2) is 0 Å². The average molecular weight is 259 g/mol. The van der Waals surface area contributed by atoms with Gasteiger partial charge in [0.2, 0.25) is 0 Å². The van der Waals surface area contributed by atoms with Gasteiger partial charge in [-0.25, -0.2) is 4.79 Å². The summed E-state index contributed by atoms with van der Waals surface area (Å²) in [5.74, 6) is 0. The summed E-state index contributed by atoms with van der Waals surface area (Å²) in [6, 6.07) is 9.63. The average Bonchev–Trinajstić information content (AvgIpc) is 2.33. The Hall–Kier alpha value is -1.26. The van der Waals surface area contributed by atoms with Gasteiger partial charge in [-0.3, -0.25) is 0 Å². The van der Waals surface area contributed by atoms with Gasteiger partial charge in [0.1, 0.15) is 6.61 Å². The Balaban J connectivity index is 0.00000256. The molecule has 0 saturated carbocycles. The van der Waals surface area contributed by atoms with E-state index in [2.05, 4.69) is 11.1 Å². The van der Waals surface area contributed by atoms with Crippen LogP contribution in [0.25, 0.3) is 0 Å². The van der Waals surface area contributed by atoms with Gasteiger partial charge in [-0.05, 0) is 18.4 Å². The molecule has 1 amide bonds. The molecule has 0 aliphatic rings. The summed E-state index contributed by atoms with van der Waals surface area (Å²) in [6.45, 7) is 1.88. The second-order valence-corrected chi connectivity index (χ2v) is 3.55. The minimum Gasteiger partial charge on any atom is -1.00 e. The molecule has 96 valence electrons. The molecule has 1 aromatic carbocycles. The standard InChI is InChI=1S/C12H18N2O2.ClH/c13-8-4-5-9-14-12(15)16-10-11-6-2-1-3-7-11;/h1-3,6-7H,4-5,8-10,13H2,(H,14,15);1H. The minimum absolute atomic E-state index is 0. The van der Waals surface area contributed by atoms with Crippen molar-refractivity contribution in [1.29, 1.82) is 0 Å². The molecule has 0 aromatic heterocycles. The Bertz CT molecular complexity index is 307. The maximum Gasteiger partial charge on any atom is 0.407 e. The Kier molecular flexibility index (Phi) is 9.19. The SMILES string of the molecule is [Cl-].[NH3+]CCCCNC(=O)OCc1ccccc1. The molecule has 0 unspecified atom stereocenters. The minimum atomic E-state index is -0.354. The molecule has 4 nitrogen and oxygen atoms in total. The molecule has 0 atom stereocenters. The van der Waals surface area contributed by atoms with Crippen LogP contribution >= 0.6 is 0 Å². The van der Waals surface area contributed by atoms with Crippen LogP contribution in [0.2, 0.25) is 0 Å². The van der Waals surface area contributed by atoms with Gasteiger partial charge in [-0.1, -0.05) is 30.3 Å². The van der Waals surface area contributed by atoms with E-state index in [9.17, 15) is 4.79 Å². The highest BCUT2D eigenvalue weighted by atomic mass is 35.5. The number of ether oxygens (including phenoxy) is 1. The van der Waals surface area contributed by atoms with Crippen molar-refractivity contribution in [3.8, 4) is 0 Å². The molecule has 0 aliphatic heterocycles. The third kappa shape index (κ3) is 7.60. The summed E-state index contributed by atoms with van der Waals surface area (Å²) in [4.78, 5) is 11.2. The lowest BCUT2D eigenvalue weighted by atomic mass is 10.2. The number of unbranched alkanes of at least 4 members (excludes halogenated alkanes) is 1. The smallest absolute Gasteiger partial charge is 0.407 e. The van der Waals surface area contributed by atoms with Gasteiger partial charge in [-0.15, -0.1) is 0 Å². The summed E-state index contributed by atoms with van der Waals surface area (Å²) in [7, 11) is 0. The van der Waals surface area contributed by atoms with E-state index in [0.717, 1.165) is 24.9 Å². The van der Waals surface area contributed by atoms with Crippen LogP contribution in [-0.4, -0.2) is 19.2 Å². The van der Waals surface area contributed by atoms with E-state index in [1.807, 2.05) is 30.3 Å². The number of benzene rings is 1. The molecular formula is C12H19ClN2O2. The first-order valence-corrected chi connectivity index (χ1v) is 5.56. The number of carbonyl (C=O) groups excluding carboxylic acids is 1. The fourth-order valence-electron chi connectivity index (χ4n) is 1.27. The first-order chi connectivity index (χ1) is 7.83. The van der Waals surface area contributed by atoms with Gasteiger partial charge in [0.05, 0.1) is 6.54 Å². The number of halogens is 1. The number of quaternary nitrogens is 1. The molecule has 1 aromatic rings. The zero-order valence-corrected chi connectivity index (χ0v) is 10.6. The van der Waals surface area contributed by atoms with Crippen LogP contribution in [0.5, 0.6) is 0 Å². The number of carbonyl (C=O) groups is 1. The van der Waals surface area contributed by atoms with Gasteiger partial charge in [-0.2, -0.15) is 0 Å². The molecule has 4 N–H and O–H groups in total. The molecule has 0 radical (unpaired) electrons. The second kappa shape index (κ2) is 9.93. The maximum atomic E-state index is 11.2. The molecule has 0 bridgehead atoms. The third-order valence-corrected chi connectivity index (χ3v) is 2.16. The van der Waals surface area contributed by atoms with Crippen LogP contribution in [0.1, 0.15) is 18.4 Å². The van der Waals surface area contributed by atoms with E-state index < -0.39 is 0 Å². The zero-order chi connectivity index (χ0) is 11.6. The van der Waals surface area contributed by atoms with Crippen LogP contribution in [0.4, 0.5) is 4.79 Å². The lowest BCUT2D eigenvalue weighted by molar-refractivity contribution is -0.368. The number of hydrogen-bond acceptors (Lipinski definition) is 2. The molecule has 0 spiro atoms. The molecule has 0 fully saturated rings. The van der Waals surface area contributed by atoms with Gasteiger partial charge >= 0.3 is 6.09 Å². The monoisotopic (exact) mass is 258 g/mol. The predicted molar refractivity (Wildman–Crippen MR) is 61.6 cm³/mol. The van der Waals surface area contributed by atoms with Crippen LogP contribution in [0.15, 0.2) is 30.3 Å². The Morgan fingerprint density at radius 2 is 1.94 bits per heavy atom. The molecule has 17 heavy (non-hydrogen) atoms. The fourth-order valence-corrected chi connectivity index (χ4v) is 1.27. The molecule has 0 saturated heterocycles. The molecular weight excluding hydrogens is 240 g/mol. The zero-order valence-electron chi connectivity index (χ0n) is 9.82. The van der Waals surface area contributed by atoms with Crippen molar-refractivity contribution in [2.24, 2.45) is 0 Å². The normalized spacial score (nSPS) is 9.24. The summed E-state index contributed by atoms with van der Waals surface area (Å²) < 4.78 is 5.04. The largest absolute Gasteiger partial charge is 1.00 e. The number of alkyl carbamates (subject to hydrolysis) is 1. The Labute approximate surface area is 108 Å². The Morgan fingerprint density at radius 3 is 2.59 bits per heavy atom. The summed E-state index contributed by atoms with van der Waals surface area (Å²) in [5.41, 5.74) is 4.73. The van der Waals surface area contributed by atoms with E-state index in [1.165, 1.54) is 0 Å². The predicted octanol–water partition coefficient (Wildman–Crippen LogP) is -2.06. The van der Waals surface area contributed by atoms with Crippen LogP contribution in [0, 0.1) is 0 Å². The second-order valence-electron chi connectivity index (χ2n) is 3.55. The first-order valence-electron chi connectivity index (χ1n) is 5.56. The van der Waals surface area contributed by atoms with E-state index in [4.69, 9.17) is 4.74 Å². The fraction of sp³-hybridized carbons (Fsp3) is 0.417. The molecule has 1 rings (SSSR count). The lowest BCUT2D eigenvalue weighted by Crippen LogP contribution is -3.00. The highest BCUT2D eigenvalue weighted by Crippen LogP contribution is 2.00. The topological polar surface area (TPSA) is 66.0 Å². The van der Waals surface area contributed by atoms with Crippen molar-refractivity contribution in [3.63, 3.8) is 0 Å². The lowest BCUT2D eigenvalue weighted by Gasteiger charge is -2.06. The number of nitrogens with one attached hydrogen (secondary N) is 1. The Morgan fingerprint density at radius 1 is 1.24 bits per heavy atom. The van der Waals surface area contributed by atoms with Gasteiger partial charge < -0.3 is 28.2 Å². The van der Waals surface area contributed by atoms with Crippen molar-refractivity contribution < 1.29 is 27.7 Å². The highest BCUT2D eigenvalue weighted by Gasteiger charge is 2.00. The third-order valence-electron chi connectivity index (χ3n) is 2.16. The van der Waals surface area contributed by atoms with E-state index in [-0.39, 0.29) is 18.5 Å². The molecule has 5 heteroatoms. The quantitative estimate of drug-likeness (QED) is 0.577. The van der Waals surface area contributed by atoms with Crippen molar-refractivity contribution in [2.75, 3.05) is 13.1 Å². The first kappa shape index (κ1) is 15.7. The van der Waals surface area contributed by atoms with Crippen molar-refractivity contribution in [2.45, 2.75) is 19.4 Å². The van der Waals surface area contributed by atoms with E-state index in [0.29, 0.717) is 13.2 Å². The maximum absolute atomic E-state index is 11.2. The van der Waals surface area contributed by atoms with Crippen molar-refractivity contribution >= 4 is 6.09 Å². The van der Waals surface area contributed by atoms with Gasteiger partial charge in [0, 0.05) is 6.54 Å². The van der Waals surface area contributed by atoms with Crippen LogP contribution in [-0.2, 0) is 11.3 Å². The number of hydrogen-bond donors (Lipinski definition) is 2. The van der Waals surface area contributed by atoms with Crippen molar-refractivity contribution in [1.82, 2.24) is 5.32 Å². The van der Waals surface area contributed by atoms with Crippen LogP contribution in [0.3, 0.4) is 0 Å². The molecule has 0 aliphatic carbocycles. The summed E-state index contributed by atoms with van der Waals surface area (Å²) >= 11 is 0. The number of amides is 1. The van der Waals surface area contributed by atoms with E-state index >= 15 is 0 Å². The summed E-state index contributed by atoms with van der Waals surface area (Å²) in [6.07, 6.45) is 1.62.